The van der Waals surface area contributed by atoms with Crippen molar-refractivity contribution in [2.75, 3.05) is 0 Å². The van der Waals surface area contributed by atoms with Crippen molar-refractivity contribution in [3.8, 4) is 0 Å². The number of aromatic amines is 1. The lowest BCUT2D eigenvalue weighted by Gasteiger charge is -2.19. The Labute approximate surface area is 82.6 Å². The molecule has 2 aromatic heterocycles. The Morgan fingerprint density at radius 3 is 3.00 bits per heavy atom. The molecule has 0 aliphatic heterocycles. The van der Waals surface area contributed by atoms with Crippen LogP contribution in [-0.2, 0) is 5.54 Å². The van der Waals surface area contributed by atoms with Gasteiger partial charge in [-0.1, -0.05) is 6.92 Å². The van der Waals surface area contributed by atoms with Crippen LogP contribution in [0.25, 0.3) is 11.0 Å². The lowest BCUT2D eigenvalue weighted by atomic mass is 10.0. The van der Waals surface area contributed by atoms with Crippen LogP contribution in [0.15, 0.2) is 18.5 Å². The summed E-state index contributed by atoms with van der Waals surface area (Å²) in [5.41, 5.74) is 7.55. The molecular formula is C10H14N4. The van der Waals surface area contributed by atoms with Crippen LogP contribution >= 0.6 is 0 Å². The Balaban J connectivity index is 2.55. The van der Waals surface area contributed by atoms with E-state index in [1.807, 2.05) is 19.9 Å². The van der Waals surface area contributed by atoms with Gasteiger partial charge in [-0.3, -0.25) is 4.98 Å². The molecule has 0 saturated carbocycles. The molecule has 0 spiro atoms. The fourth-order valence-electron chi connectivity index (χ4n) is 1.29. The van der Waals surface area contributed by atoms with Crippen molar-refractivity contribution in [3.63, 3.8) is 0 Å². The third-order valence-corrected chi connectivity index (χ3v) is 2.56. The second kappa shape index (κ2) is 3.06. The van der Waals surface area contributed by atoms with Gasteiger partial charge in [0, 0.05) is 6.20 Å². The highest BCUT2D eigenvalue weighted by molar-refractivity contribution is 5.73. The molecule has 3 N–H and O–H groups in total. The first kappa shape index (κ1) is 9.15. The molecule has 4 nitrogen and oxygen atoms in total. The van der Waals surface area contributed by atoms with Gasteiger partial charge >= 0.3 is 0 Å². The molecule has 0 aliphatic rings. The summed E-state index contributed by atoms with van der Waals surface area (Å²) in [6.07, 6.45) is 4.34. The largest absolute Gasteiger partial charge is 0.339 e. The van der Waals surface area contributed by atoms with Gasteiger partial charge in [0.25, 0.3) is 0 Å². The van der Waals surface area contributed by atoms with Crippen molar-refractivity contribution in [2.45, 2.75) is 25.8 Å². The van der Waals surface area contributed by atoms with Crippen molar-refractivity contribution in [2.24, 2.45) is 5.73 Å². The van der Waals surface area contributed by atoms with Gasteiger partial charge in [-0.25, -0.2) is 4.98 Å². The van der Waals surface area contributed by atoms with E-state index >= 15 is 0 Å². The van der Waals surface area contributed by atoms with Gasteiger partial charge in [-0.2, -0.15) is 0 Å². The Bertz CT molecular complexity index is 411. The minimum absolute atomic E-state index is 0.390. The average Bonchev–Trinajstić information content (AvgIpc) is 2.61. The summed E-state index contributed by atoms with van der Waals surface area (Å²) in [5.74, 6) is 0.822. The maximum Gasteiger partial charge on any atom is 0.127 e. The van der Waals surface area contributed by atoms with Gasteiger partial charge in [-0.15, -0.1) is 0 Å². The predicted molar refractivity (Wildman–Crippen MR) is 55.7 cm³/mol. The molecule has 0 aromatic carbocycles. The second-order valence-electron chi connectivity index (χ2n) is 3.75. The number of nitrogens with one attached hydrogen (secondary N) is 1. The number of H-pyrrole nitrogens is 1. The van der Waals surface area contributed by atoms with Gasteiger partial charge < -0.3 is 10.7 Å². The maximum absolute atomic E-state index is 6.09. The van der Waals surface area contributed by atoms with E-state index in [2.05, 4.69) is 15.0 Å². The van der Waals surface area contributed by atoms with E-state index in [0.717, 1.165) is 23.3 Å². The zero-order valence-corrected chi connectivity index (χ0v) is 8.41. The summed E-state index contributed by atoms with van der Waals surface area (Å²) in [6, 6.07) is 1.88. The van der Waals surface area contributed by atoms with E-state index in [-0.39, 0.29) is 5.54 Å². The molecule has 0 radical (unpaired) electrons. The normalized spacial score (nSPS) is 15.6. The quantitative estimate of drug-likeness (QED) is 0.754. The van der Waals surface area contributed by atoms with Crippen molar-refractivity contribution in [1.29, 1.82) is 0 Å². The average molecular weight is 190 g/mol. The number of hydrogen-bond donors (Lipinski definition) is 2. The van der Waals surface area contributed by atoms with Crippen LogP contribution in [0.1, 0.15) is 26.1 Å². The minimum Gasteiger partial charge on any atom is -0.339 e. The van der Waals surface area contributed by atoms with E-state index in [1.54, 1.807) is 12.4 Å². The molecule has 2 aromatic rings. The molecule has 74 valence electrons. The van der Waals surface area contributed by atoms with Crippen LogP contribution in [0.2, 0.25) is 0 Å². The molecular weight excluding hydrogens is 176 g/mol. The smallest absolute Gasteiger partial charge is 0.127 e. The number of hydrogen-bond acceptors (Lipinski definition) is 3. The number of nitrogens with zero attached hydrogens (tertiary/aromatic N) is 2. The topological polar surface area (TPSA) is 67.6 Å². The predicted octanol–water partition coefficient (Wildman–Crippen LogP) is 1.54. The standard InChI is InChI=1S/C10H14N4/c1-3-10(2,11)9-13-7-4-5-12-6-8(7)14-9/h4-6H,3,11H2,1-2H3,(H,13,14). The summed E-state index contributed by atoms with van der Waals surface area (Å²) in [5, 5.41) is 0. The molecule has 2 rings (SSSR count). The SMILES string of the molecule is CCC(C)(N)c1nc2ccncc2[nH]1. The van der Waals surface area contributed by atoms with Crippen LogP contribution in [0.3, 0.4) is 0 Å². The summed E-state index contributed by atoms with van der Waals surface area (Å²) in [6.45, 7) is 4.02. The third-order valence-electron chi connectivity index (χ3n) is 2.56. The number of pyridine rings is 1. The van der Waals surface area contributed by atoms with Gasteiger partial charge in [0.05, 0.1) is 22.8 Å². The second-order valence-corrected chi connectivity index (χ2v) is 3.75. The number of nitrogens with two attached hydrogens (primary N) is 1. The van der Waals surface area contributed by atoms with Crippen molar-refractivity contribution in [3.05, 3.63) is 24.3 Å². The van der Waals surface area contributed by atoms with Gasteiger partial charge in [0.1, 0.15) is 5.82 Å². The molecule has 0 fully saturated rings. The molecule has 0 bridgehead atoms. The lowest BCUT2D eigenvalue weighted by Crippen LogP contribution is -2.33. The molecule has 4 heteroatoms. The lowest BCUT2D eigenvalue weighted by molar-refractivity contribution is 0.451. The third kappa shape index (κ3) is 1.37. The fourth-order valence-corrected chi connectivity index (χ4v) is 1.29. The first-order valence-corrected chi connectivity index (χ1v) is 4.72. The molecule has 0 amide bonds. The maximum atomic E-state index is 6.09. The monoisotopic (exact) mass is 190 g/mol. The molecule has 14 heavy (non-hydrogen) atoms. The fraction of sp³-hybridized carbons (Fsp3) is 0.400. The number of imidazole rings is 1. The van der Waals surface area contributed by atoms with E-state index in [0.29, 0.717) is 0 Å². The molecule has 1 atom stereocenters. The van der Waals surface area contributed by atoms with Crippen LogP contribution in [0.5, 0.6) is 0 Å². The highest BCUT2D eigenvalue weighted by atomic mass is 15.0. The summed E-state index contributed by atoms with van der Waals surface area (Å²) in [7, 11) is 0. The molecule has 0 aliphatic carbocycles. The zero-order valence-electron chi connectivity index (χ0n) is 8.41. The molecule has 1 unspecified atom stereocenters. The van der Waals surface area contributed by atoms with E-state index in [9.17, 15) is 0 Å². The summed E-state index contributed by atoms with van der Waals surface area (Å²) in [4.78, 5) is 11.6. The Hall–Kier alpha value is -1.42. The Morgan fingerprint density at radius 1 is 1.57 bits per heavy atom. The first-order chi connectivity index (χ1) is 6.63. The Morgan fingerprint density at radius 2 is 2.36 bits per heavy atom. The highest BCUT2D eigenvalue weighted by Crippen LogP contribution is 2.20. The van der Waals surface area contributed by atoms with Crippen LogP contribution in [0.4, 0.5) is 0 Å². The minimum atomic E-state index is -0.390. The van der Waals surface area contributed by atoms with Crippen molar-refractivity contribution < 1.29 is 0 Å². The van der Waals surface area contributed by atoms with E-state index in [1.165, 1.54) is 0 Å². The molecule has 0 saturated heterocycles. The molecule has 2 heterocycles. The van der Waals surface area contributed by atoms with Crippen LogP contribution in [0, 0.1) is 0 Å². The zero-order chi connectivity index (χ0) is 10.2. The summed E-state index contributed by atoms with van der Waals surface area (Å²) < 4.78 is 0. The number of aromatic nitrogens is 3. The number of fused-ring (bicyclic) bond motifs is 1. The first-order valence-electron chi connectivity index (χ1n) is 4.72. The van der Waals surface area contributed by atoms with Crippen LogP contribution in [-0.4, -0.2) is 15.0 Å². The van der Waals surface area contributed by atoms with Gasteiger partial charge in [0.15, 0.2) is 0 Å². The van der Waals surface area contributed by atoms with E-state index in [4.69, 9.17) is 5.73 Å². The van der Waals surface area contributed by atoms with E-state index < -0.39 is 0 Å². The van der Waals surface area contributed by atoms with Crippen molar-refractivity contribution in [1.82, 2.24) is 15.0 Å². The highest BCUT2D eigenvalue weighted by Gasteiger charge is 2.22. The van der Waals surface area contributed by atoms with Crippen molar-refractivity contribution >= 4 is 11.0 Å². The number of rotatable bonds is 2. The van der Waals surface area contributed by atoms with Gasteiger partial charge in [-0.05, 0) is 19.4 Å². The van der Waals surface area contributed by atoms with Crippen LogP contribution < -0.4 is 5.73 Å². The summed E-state index contributed by atoms with van der Waals surface area (Å²) >= 11 is 0. The van der Waals surface area contributed by atoms with Gasteiger partial charge in [0.2, 0.25) is 0 Å². The Kier molecular flexibility index (Phi) is 2.00.